The van der Waals surface area contributed by atoms with Crippen LogP contribution in [-0.2, 0) is 20.7 Å². The number of methoxy groups -OCH3 is 1. The van der Waals surface area contributed by atoms with Crippen LogP contribution in [0.15, 0.2) is 60.7 Å². The zero-order valence-electron chi connectivity index (χ0n) is 17.6. The van der Waals surface area contributed by atoms with Crippen LogP contribution in [0.4, 0.5) is 5.69 Å². The third-order valence-corrected chi connectivity index (χ3v) is 5.56. The summed E-state index contributed by atoms with van der Waals surface area (Å²) in [5.74, 6) is -0.395. The van der Waals surface area contributed by atoms with Crippen molar-refractivity contribution in [2.75, 3.05) is 44.7 Å². The van der Waals surface area contributed by atoms with Gasteiger partial charge in [0.2, 0.25) is 5.91 Å². The third kappa shape index (κ3) is 6.40. The molecule has 0 aliphatic carbocycles. The number of anilines is 1. The highest BCUT2D eigenvalue weighted by atomic mass is 16.5. The van der Waals surface area contributed by atoms with E-state index in [2.05, 4.69) is 39.2 Å². The highest BCUT2D eigenvalue weighted by Gasteiger charge is 2.28. The van der Waals surface area contributed by atoms with Gasteiger partial charge >= 0.3 is 5.97 Å². The molecule has 1 heterocycles. The molecule has 0 atom stereocenters. The van der Waals surface area contributed by atoms with Gasteiger partial charge < -0.3 is 14.5 Å². The smallest absolute Gasteiger partial charge is 0.319 e. The number of hydrogen-bond acceptors (Lipinski definition) is 5. The molecule has 1 amide bonds. The summed E-state index contributed by atoms with van der Waals surface area (Å²) in [6, 6.07) is 20.5. The molecule has 0 radical (unpaired) electrons. The van der Waals surface area contributed by atoms with Crippen molar-refractivity contribution in [1.82, 2.24) is 10.2 Å². The van der Waals surface area contributed by atoms with E-state index in [0.29, 0.717) is 0 Å². The standard InChI is InChI=1S/C24H31N3O3/c1-30-24(29)19-25-18-23(28)27(21-10-6-3-7-11-21)22-13-16-26(17-14-22)15-12-20-8-4-2-5-9-20/h2-11,22,25H,12-19H2,1H3. The van der Waals surface area contributed by atoms with Gasteiger partial charge in [-0.05, 0) is 37.0 Å². The number of benzene rings is 2. The number of piperidine rings is 1. The summed E-state index contributed by atoms with van der Waals surface area (Å²) in [5.41, 5.74) is 2.27. The molecule has 0 unspecified atom stereocenters. The maximum absolute atomic E-state index is 13.0. The molecule has 2 aromatic rings. The Morgan fingerprint density at radius 2 is 1.63 bits per heavy atom. The van der Waals surface area contributed by atoms with Crippen LogP contribution >= 0.6 is 0 Å². The fourth-order valence-electron chi connectivity index (χ4n) is 3.91. The summed E-state index contributed by atoms with van der Waals surface area (Å²) < 4.78 is 4.63. The monoisotopic (exact) mass is 409 g/mol. The summed E-state index contributed by atoms with van der Waals surface area (Å²) in [6.07, 6.45) is 2.92. The lowest BCUT2D eigenvalue weighted by Crippen LogP contribution is -2.50. The molecule has 30 heavy (non-hydrogen) atoms. The molecular weight excluding hydrogens is 378 g/mol. The van der Waals surface area contributed by atoms with Crippen LogP contribution in [0.1, 0.15) is 18.4 Å². The SMILES string of the molecule is COC(=O)CNCC(=O)N(c1ccccc1)C1CCN(CCc2ccccc2)CC1. The van der Waals surface area contributed by atoms with Gasteiger partial charge in [0.05, 0.1) is 20.2 Å². The van der Waals surface area contributed by atoms with Crippen molar-refractivity contribution < 1.29 is 14.3 Å². The molecule has 1 aliphatic heterocycles. The van der Waals surface area contributed by atoms with E-state index in [9.17, 15) is 9.59 Å². The Balaban J connectivity index is 1.56. The number of carbonyl (C=O) groups excluding carboxylic acids is 2. The van der Waals surface area contributed by atoms with Gasteiger partial charge in [-0.15, -0.1) is 0 Å². The van der Waals surface area contributed by atoms with Crippen molar-refractivity contribution in [1.29, 1.82) is 0 Å². The van der Waals surface area contributed by atoms with Crippen LogP contribution in [0.5, 0.6) is 0 Å². The number of rotatable bonds is 9. The predicted octanol–water partition coefficient (Wildman–Crippen LogP) is 2.49. The van der Waals surface area contributed by atoms with Crippen LogP contribution in [0.3, 0.4) is 0 Å². The summed E-state index contributed by atoms with van der Waals surface area (Å²) in [6.45, 7) is 3.13. The average Bonchev–Trinajstić information content (AvgIpc) is 2.80. The van der Waals surface area contributed by atoms with Crippen molar-refractivity contribution in [2.45, 2.75) is 25.3 Å². The van der Waals surface area contributed by atoms with Crippen molar-refractivity contribution in [3.05, 3.63) is 66.2 Å². The molecule has 0 spiro atoms. The summed E-state index contributed by atoms with van der Waals surface area (Å²) >= 11 is 0. The zero-order chi connectivity index (χ0) is 21.2. The first-order chi connectivity index (χ1) is 14.7. The number of hydrogen-bond donors (Lipinski definition) is 1. The quantitative estimate of drug-likeness (QED) is 0.645. The first-order valence-corrected chi connectivity index (χ1v) is 10.6. The number of carbonyl (C=O) groups is 2. The number of ether oxygens (including phenoxy) is 1. The van der Waals surface area contributed by atoms with Crippen molar-refractivity contribution in [3.63, 3.8) is 0 Å². The number of esters is 1. The highest BCUT2D eigenvalue weighted by Crippen LogP contribution is 2.24. The molecule has 3 rings (SSSR count). The van der Waals surface area contributed by atoms with Gasteiger partial charge in [-0.3, -0.25) is 14.9 Å². The predicted molar refractivity (Wildman–Crippen MR) is 118 cm³/mol. The molecule has 1 fully saturated rings. The first kappa shape index (κ1) is 22.0. The molecule has 160 valence electrons. The maximum atomic E-state index is 13.0. The fraction of sp³-hybridized carbons (Fsp3) is 0.417. The van der Waals surface area contributed by atoms with E-state index in [1.165, 1.54) is 12.7 Å². The molecule has 6 heteroatoms. The van der Waals surface area contributed by atoms with E-state index in [0.717, 1.165) is 44.6 Å². The molecule has 6 nitrogen and oxygen atoms in total. The van der Waals surface area contributed by atoms with Gasteiger partial charge in [0.15, 0.2) is 0 Å². The first-order valence-electron chi connectivity index (χ1n) is 10.6. The average molecular weight is 410 g/mol. The maximum Gasteiger partial charge on any atom is 0.319 e. The zero-order valence-corrected chi connectivity index (χ0v) is 17.6. The Morgan fingerprint density at radius 3 is 2.27 bits per heavy atom. The lowest BCUT2D eigenvalue weighted by Gasteiger charge is -2.38. The minimum absolute atomic E-state index is 0.0205. The van der Waals surface area contributed by atoms with Crippen LogP contribution < -0.4 is 10.2 Å². The number of likely N-dealkylation sites (tertiary alicyclic amines) is 1. The van der Waals surface area contributed by atoms with Gasteiger partial charge in [-0.2, -0.15) is 0 Å². The molecule has 2 aromatic carbocycles. The van der Waals surface area contributed by atoms with Crippen molar-refractivity contribution in [2.24, 2.45) is 0 Å². The van der Waals surface area contributed by atoms with Crippen LogP contribution in [0.25, 0.3) is 0 Å². The summed E-state index contributed by atoms with van der Waals surface area (Å²) in [7, 11) is 1.34. The van der Waals surface area contributed by atoms with Gasteiger partial charge in [0, 0.05) is 31.4 Å². The lowest BCUT2D eigenvalue weighted by atomic mass is 10.0. The number of nitrogens with one attached hydrogen (secondary N) is 1. The Bertz CT molecular complexity index is 790. The van der Waals surface area contributed by atoms with Crippen molar-refractivity contribution in [3.8, 4) is 0 Å². The molecule has 0 saturated carbocycles. The van der Waals surface area contributed by atoms with Crippen LogP contribution in [0.2, 0.25) is 0 Å². The fourth-order valence-corrected chi connectivity index (χ4v) is 3.91. The van der Waals surface area contributed by atoms with Crippen LogP contribution in [-0.4, -0.2) is 62.7 Å². The molecule has 1 aliphatic rings. The number of nitrogens with zero attached hydrogens (tertiary/aromatic N) is 2. The van der Waals surface area contributed by atoms with E-state index in [1.807, 2.05) is 41.3 Å². The van der Waals surface area contributed by atoms with Crippen molar-refractivity contribution >= 4 is 17.6 Å². The molecule has 1 saturated heterocycles. The van der Waals surface area contributed by atoms with E-state index in [1.54, 1.807) is 0 Å². The molecule has 1 N–H and O–H groups in total. The minimum Gasteiger partial charge on any atom is -0.468 e. The van der Waals surface area contributed by atoms with E-state index in [-0.39, 0.29) is 31.0 Å². The second kappa shape index (κ2) is 11.5. The van der Waals surface area contributed by atoms with Gasteiger partial charge in [-0.25, -0.2) is 0 Å². The van der Waals surface area contributed by atoms with E-state index >= 15 is 0 Å². The van der Waals surface area contributed by atoms with Gasteiger partial charge in [0.25, 0.3) is 0 Å². The number of amides is 1. The lowest BCUT2D eigenvalue weighted by molar-refractivity contribution is -0.139. The second-order valence-electron chi connectivity index (χ2n) is 7.59. The van der Waals surface area contributed by atoms with Gasteiger partial charge in [0.1, 0.15) is 0 Å². The number of para-hydroxylation sites is 1. The van der Waals surface area contributed by atoms with Gasteiger partial charge in [-0.1, -0.05) is 48.5 Å². The molecular formula is C24H31N3O3. The van der Waals surface area contributed by atoms with Crippen LogP contribution in [0, 0.1) is 0 Å². The second-order valence-corrected chi connectivity index (χ2v) is 7.59. The third-order valence-electron chi connectivity index (χ3n) is 5.56. The molecule has 0 aromatic heterocycles. The Hall–Kier alpha value is -2.70. The Kier molecular flexibility index (Phi) is 8.41. The highest BCUT2D eigenvalue weighted by molar-refractivity contribution is 5.95. The summed E-state index contributed by atoms with van der Waals surface area (Å²) in [4.78, 5) is 28.7. The minimum atomic E-state index is -0.374. The normalized spacial score (nSPS) is 15.0. The molecule has 0 bridgehead atoms. The van der Waals surface area contributed by atoms with E-state index in [4.69, 9.17) is 0 Å². The van der Waals surface area contributed by atoms with E-state index < -0.39 is 0 Å². The summed E-state index contributed by atoms with van der Waals surface area (Å²) in [5, 5.41) is 2.90. The largest absolute Gasteiger partial charge is 0.468 e. The Morgan fingerprint density at radius 1 is 1.00 bits per heavy atom. The Labute approximate surface area is 178 Å². The topological polar surface area (TPSA) is 61.9 Å².